The molecular formula is C13H21N3O. The molecule has 3 rings (SSSR count). The van der Waals surface area contributed by atoms with E-state index in [4.69, 9.17) is 0 Å². The molecule has 1 aromatic heterocycles. The van der Waals surface area contributed by atoms with Crippen LogP contribution in [0.2, 0.25) is 0 Å². The zero-order valence-corrected chi connectivity index (χ0v) is 10.6. The van der Waals surface area contributed by atoms with Crippen LogP contribution in [0.4, 0.5) is 0 Å². The van der Waals surface area contributed by atoms with Crippen molar-refractivity contribution < 1.29 is 5.11 Å². The molecule has 2 bridgehead atoms. The van der Waals surface area contributed by atoms with E-state index in [1.54, 1.807) is 0 Å². The summed E-state index contributed by atoms with van der Waals surface area (Å²) in [5.41, 5.74) is 0.354. The normalized spacial score (nSPS) is 36.7. The van der Waals surface area contributed by atoms with Gasteiger partial charge in [-0.25, -0.2) is 0 Å². The number of nitrogens with zero attached hydrogens (tertiary/aromatic N) is 3. The molecule has 2 saturated heterocycles. The third kappa shape index (κ3) is 1.62. The van der Waals surface area contributed by atoms with Crippen molar-refractivity contribution in [1.29, 1.82) is 0 Å². The summed E-state index contributed by atoms with van der Waals surface area (Å²) in [4.78, 5) is 2.45. The van der Waals surface area contributed by atoms with E-state index in [0.29, 0.717) is 12.0 Å². The second-order valence-electron chi connectivity index (χ2n) is 5.72. The molecule has 3 atom stereocenters. The molecular weight excluding hydrogens is 214 g/mol. The number of aliphatic hydroxyl groups is 1. The fourth-order valence-corrected chi connectivity index (χ4v) is 3.36. The minimum Gasteiger partial charge on any atom is -0.383 e. The Morgan fingerprint density at radius 3 is 3.06 bits per heavy atom. The molecule has 17 heavy (non-hydrogen) atoms. The van der Waals surface area contributed by atoms with Gasteiger partial charge in [-0.3, -0.25) is 4.68 Å². The van der Waals surface area contributed by atoms with E-state index in [1.165, 1.54) is 0 Å². The Bertz CT molecular complexity index is 415. The number of fused-ring (bicyclic) bond motifs is 2. The maximum Gasteiger partial charge on any atom is 0.111 e. The first-order valence-corrected chi connectivity index (χ1v) is 6.60. The standard InChI is InChI=1S/C13H21N3O/c1-10(2)16-12(3-6-14-16)13(17)5-8-15-7-4-11(13)9-15/h3,6,10-11,17H,4-5,7-9H2,1-2H3. The number of hydrogen-bond acceptors (Lipinski definition) is 3. The van der Waals surface area contributed by atoms with Crippen molar-refractivity contribution in [3.05, 3.63) is 18.0 Å². The molecule has 2 aliphatic rings. The van der Waals surface area contributed by atoms with Crippen molar-refractivity contribution in [3.8, 4) is 0 Å². The highest BCUT2D eigenvalue weighted by Gasteiger charge is 2.47. The number of hydrogen-bond donors (Lipinski definition) is 1. The summed E-state index contributed by atoms with van der Waals surface area (Å²) in [6.45, 7) is 7.42. The summed E-state index contributed by atoms with van der Waals surface area (Å²) in [5.74, 6) is 0.380. The average Bonchev–Trinajstić information content (AvgIpc) is 2.93. The lowest BCUT2D eigenvalue weighted by molar-refractivity contribution is -0.0577. The maximum absolute atomic E-state index is 11.1. The van der Waals surface area contributed by atoms with Crippen LogP contribution >= 0.6 is 0 Å². The summed E-state index contributed by atoms with van der Waals surface area (Å²) < 4.78 is 1.98. The Morgan fingerprint density at radius 1 is 1.47 bits per heavy atom. The molecule has 4 heteroatoms. The zero-order chi connectivity index (χ0) is 12.0. The van der Waals surface area contributed by atoms with Gasteiger partial charge in [0.25, 0.3) is 0 Å². The number of aromatic nitrogens is 2. The Labute approximate surface area is 102 Å². The van der Waals surface area contributed by atoms with Crippen LogP contribution in [0.3, 0.4) is 0 Å². The van der Waals surface area contributed by atoms with E-state index in [9.17, 15) is 5.11 Å². The lowest BCUT2D eigenvalue weighted by Crippen LogP contribution is -2.45. The van der Waals surface area contributed by atoms with Gasteiger partial charge in [0, 0.05) is 31.2 Å². The van der Waals surface area contributed by atoms with E-state index in [2.05, 4.69) is 23.8 Å². The van der Waals surface area contributed by atoms with Gasteiger partial charge in [-0.05, 0) is 39.3 Å². The Hall–Kier alpha value is -0.870. The van der Waals surface area contributed by atoms with Crippen LogP contribution in [0.5, 0.6) is 0 Å². The van der Waals surface area contributed by atoms with Crippen LogP contribution in [0, 0.1) is 5.92 Å². The van der Waals surface area contributed by atoms with Crippen LogP contribution in [0.1, 0.15) is 38.4 Å². The monoisotopic (exact) mass is 235 g/mol. The molecule has 0 radical (unpaired) electrons. The zero-order valence-electron chi connectivity index (χ0n) is 10.6. The molecule has 4 nitrogen and oxygen atoms in total. The first-order valence-electron chi connectivity index (χ1n) is 6.60. The quantitative estimate of drug-likeness (QED) is 0.842. The van der Waals surface area contributed by atoms with E-state index < -0.39 is 5.60 Å². The minimum atomic E-state index is -0.659. The van der Waals surface area contributed by atoms with Gasteiger partial charge in [-0.1, -0.05) is 0 Å². The van der Waals surface area contributed by atoms with Gasteiger partial charge in [0.2, 0.25) is 0 Å². The molecule has 0 aliphatic carbocycles. The predicted molar refractivity (Wildman–Crippen MR) is 65.7 cm³/mol. The molecule has 2 aliphatic heterocycles. The summed E-state index contributed by atoms with van der Waals surface area (Å²) in [7, 11) is 0. The largest absolute Gasteiger partial charge is 0.383 e. The average molecular weight is 235 g/mol. The highest BCUT2D eigenvalue weighted by molar-refractivity contribution is 5.17. The minimum absolute atomic E-state index is 0.309. The molecule has 0 amide bonds. The Kier molecular flexibility index (Phi) is 2.52. The van der Waals surface area contributed by atoms with Crippen LogP contribution in [-0.4, -0.2) is 39.4 Å². The van der Waals surface area contributed by atoms with Crippen molar-refractivity contribution in [2.75, 3.05) is 19.6 Å². The van der Waals surface area contributed by atoms with Gasteiger partial charge in [0.1, 0.15) is 5.60 Å². The van der Waals surface area contributed by atoms with Crippen molar-refractivity contribution >= 4 is 0 Å². The maximum atomic E-state index is 11.1. The highest BCUT2D eigenvalue weighted by Crippen LogP contribution is 2.42. The molecule has 1 N–H and O–H groups in total. The first-order chi connectivity index (χ1) is 8.11. The Balaban J connectivity index is 1.98. The third-order valence-corrected chi connectivity index (χ3v) is 4.36. The molecule has 0 aromatic carbocycles. The summed E-state index contributed by atoms with van der Waals surface area (Å²) >= 11 is 0. The predicted octanol–water partition coefficient (Wildman–Crippen LogP) is 1.38. The molecule has 0 spiro atoms. The fourth-order valence-electron chi connectivity index (χ4n) is 3.36. The molecule has 1 aromatic rings. The van der Waals surface area contributed by atoms with Gasteiger partial charge in [0.05, 0.1) is 5.69 Å². The molecule has 3 unspecified atom stereocenters. The van der Waals surface area contributed by atoms with Crippen molar-refractivity contribution in [3.63, 3.8) is 0 Å². The van der Waals surface area contributed by atoms with Crippen LogP contribution in [0.15, 0.2) is 12.3 Å². The van der Waals surface area contributed by atoms with Crippen LogP contribution in [-0.2, 0) is 5.60 Å². The van der Waals surface area contributed by atoms with Gasteiger partial charge in [-0.2, -0.15) is 5.10 Å². The van der Waals surface area contributed by atoms with Gasteiger partial charge < -0.3 is 10.0 Å². The number of rotatable bonds is 2. The van der Waals surface area contributed by atoms with Crippen molar-refractivity contribution in [2.24, 2.45) is 5.92 Å². The third-order valence-electron chi connectivity index (χ3n) is 4.36. The summed E-state index contributed by atoms with van der Waals surface area (Å²) in [6.07, 6.45) is 3.77. The second-order valence-corrected chi connectivity index (χ2v) is 5.72. The molecule has 3 heterocycles. The van der Waals surface area contributed by atoms with Gasteiger partial charge in [0.15, 0.2) is 0 Å². The molecule has 2 fully saturated rings. The number of piperidine rings is 1. The smallest absolute Gasteiger partial charge is 0.111 e. The lowest BCUT2D eigenvalue weighted by atomic mass is 9.79. The second kappa shape index (κ2) is 3.82. The fraction of sp³-hybridized carbons (Fsp3) is 0.769. The molecule has 0 saturated carbocycles. The highest BCUT2D eigenvalue weighted by atomic mass is 16.3. The SMILES string of the molecule is CC(C)n1nccc1C1(O)CCN2CCC1C2. The van der Waals surface area contributed by atoms with Crippen molar-refractivity contribution in [2.45, 2.75) is 38.3 Å². The topological polar surface area (TPSA) is 41.3 Å². The summed E-state index contributed by atoms with van der Waals surface area (Å²) in [6, 6.07) is 2.30. The Morgan fingerprint density at radius 2 is 2.29 bits per heavy atom. The van der Waals surface area contributed by atoms with Crippen LogP contribution < -0.4 is 0 Å². The van der Waals surface area contributed by atoms with E-state index >= 15 is 0 Å². The molecule has 94 valence electrons. The van der Waals surface area contributed by atoms with Crippen LogP contribution in [0.25, 0.3) is 0 Å². The first kappa shape index (κ1) is 11.2. The van der Waals surface area contributed by atoms with Crippen molar-refractivity contribution in [1.82, 2.24) is 14.7 Å². The van der Waals surface area contributed by atoms with Gasteiger partial charge >= 0.3 is 0 Å². The van der Waals surface area contributed by atoms with E-state index in [-0.39, 0.29) is 0 Å². The van der Waals surface area contributed by atoms with E-state index in [1.807, 2.05) is 16.9 Å². The summed E-state index contributed by atoms with van der Waals surface area (Å²) in [5, 5.41) is 15.4. The lowest BCUT2D eigenvalue weighted by Gasteiger charge is -2.39. The van der Waals surface area contributed by atoms with Gasteiger partial charge in [-0.15, -0.1) is 0 Å². The van der Waals surface area contributed by atoms with E-state index in [0.717, 1.165) is 38.2 Å².